The first kappa shape index (κ1) is 22.1. The van der Waals surface area contributed by atoms with E-state index >= 15 is 0 Å². The van der Waals surface area contributed by atoms with E-state index in [9.17, 15) is 9.18 Å². The van der Waals surface area contributed by atoms with E-state index in [1.165, 1.54) is 41.5 Å². The first-order chi connectivity index (χ1) is 16.0. The second-order valence-corrected chi connectivity index (χ2v) is 7.12. The van der Waals surface area contributed by atoms with E-state index in [1.807, 2.05) is 24.3 Å². The summed E-state index contributed by atoms with van der Waals surface area (Å²) in [6.07, 6.45) is 7.75. The molecule has 10 heteroatoms. The Morgan fingerprint density at radius 2 is 2.03 bits per heavy atom. The quantitative estimate of drug-likeness (QED) is 0.309. The number of carbonyl (C=O) groups is 1. The third-order valence-electron chi connectivity index (χ3n) is 4.45. The largest absolute Gasteiger partial charge is 0.463 e. The second-order valence-electron chi connectivity index (χ2n) is 6.71. The summed E-state index contributed by atoms with van der Waals surface area (Å²) < 4.78 is 18.4. The molecule has 0 aliphatic heterocycles. The average Bonchev–Trinajstić information content (AvgIpc) is 3.35. The Kier molecular flexibility index (Phi) is 6.70. The molecule has 33 heavy (non-hydrogen) atoms. The zero-order valence-electron chi connectivity index (χ0n) is 17.4. The molecule has 0 amide bonds. The number of esters is 1. The molecule has 0 atom stereocenters. The van der Waals surface area contributed by atoms with Gasteiger partial charge in [0.2, 0.25) is 5.95 Å². The molecule has 166 valence electrons. The van der Waals surface area contributed by atoms with E-state index in [2.05, 4.69) is 25.5 Å². The minimum atomic E-state index is -0.517. The summed E-state index contributed by atoms with van der Waals surface area (Å²) in [5.74, 6) is -0.245. The number of aromatic nitrogens is 5. The SMILES string of the molecule is CCOC(=O)C=Cc1cccc(-c2cnc(Nc3ccc(F)c(Cl)c3)nc2-n2nccn2)c1. The van der Waals surface area contributed by atoms with Gasteiger partial charge in [0.1, 0.15) is 5.82 Å². The molecule has 8 nitrogen and oxygen atoms in total. The van der Waals surface area contributed by atoms with Gasteiger partial charge in [-0.25, -0.2) is 14.2 Å². The standard InChI is InChI=1S/C23H18ClFN6O2/c1-2-33-21(32)9-6-15-4-3-5-16(12-15)18-14-26-23(30-22(18)31-27-10-11-28-31)29-17-7-8-20(25)19(24)13-17/h3-14H,2H2,1H3,(H,26,29,30). The van der Waals surface area contributed by atoms with Gasteiger partial charge in [0.25, 0.3) is 0 Å². The van der Waals surface area contributed by atoms with Crippen molar-refractivity contribution in [3.63, 3.8) is 0 Å². The van der Waals surface area contributed by atoms with E-state index in [0.717, 1.165) is 11.1 Å². The van der Waals surface area contributed by atoms with Crippen molar-refractivity contribution >= 4 is 35.3 Å². The van der Waals surface area contributed by atoms with Gasteiger partial charge >= 0.3 is 5.97 Å². The predicted molar refractivity (Wildman–Crippen MR) is 123 cm³/mol. The zero-order chi connectivity index (χ0) is 23.2. The zero-order valence-corrected chi connectivity index (χ0v) is 18.2. The second kappa shape index (κ2) is 10.0. The minimum absolute atomic E-state index is 0.0155. The number of ether oxygens (including phenoxy) is 1. The van der Waals surface area contributed by atoms with Crippen LogP contribution in [0.1, 0.15) is 12.5 Å². The molecule has 4 rings (SSSR count). The lowest BCUT2D eigenvalue weighted by molar-refractivity contribution is -0.137. The number of nitrogens with zero attached hydrogens (tertiary/aromatic N) is 5. The summed E-state index contributed by atoms with van der Waals surface area (Å²) in [5.41, 5.74) is 2.78. The molecule has 0 radical (unpaired) electrons. The van der Waals surface area contributed by atoms with Gasteiger partial charge in [-0.1, -0.05) is 29.8 Å². The van der Waals surface area contributed by atoms with Crippen LogP contribution < -0.4 is 5.32 Å². The van der Waals surface area contributed by atoms with Gasteiger partial charge in [0, 0.05) is 23.5 Å². The first-order valence-electron chi connectivity index (χ1n) is 9.94. The Balaban J connectivity index is 1.69. The van der Waals surface area contributed by atoms with Crippen LogP contribution in [0.5, 0.6) is 0 Å². The van der Waals surface area contributed by atoms with E-state index < -0.39 is 11.8 Å². The molecule has 0 saturated heterocycles. The van der Waals surface area contributed by atoms with Crippen molar-refractivity contribution in [1.82, 2.24) is 25.0 Å². The van der Waals surface area contributed by atoms with Crippen molar-refractivity contribution < 1.29 is 13.9 Å². The van der Waals surface area contributed by atoms with E-state index in [0.29, 0.717) is 23.7 Å². The van der Waals surface area contributed by atoms with Crippen LogP contribution in [0, 0.1) is 5.82 Å². The van der Waals surface area contributed by atoms with E-state index in [1.54, 1.807) is 19.2 Å². The summed E-state index contributed by atoms with van der Waals surface area (Å²) in [7, 11) is 0. The van der Waals surface area contributed by atoms with Crippen LogP contribution in [-0.4, -0.2) is 37.5 Å². The number of hydrogen-bond acceptors (Lipinski definition) is 7. The summed E-state index contributed by atoms with van der Waals surface area (Å²) in [4.78, 5) is 21.9. The predicted octanol–water partition coefficient (Wildman–Crippen LogP) is 4.84. The smallest absolute Gasteiger partial charge is 0.330 e. The molecule has 2 aromatic carbocycles. The topological polar surface area (TPSA) is 94.8 Å². The van der Waals surface area contributed by atoms with Gasteiger partial charge in [-0.15, -0.1) is 4.80 Å². The van der Waals surface area contributed by atoms with Crippen molar-refractivity contribution in [2.45, 2.75) is 6.92 Å². The lowest BCUT2D eigenvalue weighted by Crippen LogP contribution is -2.08. The summed E-state index contributed by atoms with van der Waals surface area (Å²) in [6.45, 7) is 2.06. The molecule has 4 aromatic rings. The lowest BCUT2D eigenvalue weighted by atomic mass is 10.0. The fraction of sp³-hybridized carbons (Fsp3) is 0.0870. The Morgan fingerprint density at radius 1 is 1.21 bits per heavy atom. The fourth-order valence-electron chi connectivity index (χ4n) is 2.98. The summed E-state index contributed by atoms with van der Waals surface area (Å²) >= 11 is 5.86. The molecule has 0 fully saturated rings. The number of hydrogen-bond donors (Lipinski definition) is 1. The molecule has 0 aliphatic carbocycles. The van der Waals surface area contributed by atoms with Crippen LogP contribution in [0.2, 0.25) is 5.02 Å². The summed E-state index contributed by atoms with van der Waals surface area (Å²) in [6, 6.07) is 11.7. The highest BCUT2D eigenvalue weighted by Crippen LogP contribution is 2.27. The van der Waals surface area contributed by atoms with Gasteiger partial charge in [-0.05, 0) is 48.4 Å². The normalized spacial score (nSPS) is 11.0. The molecule has 0 bridgehead atoms. The van der Waals surface area contributed by atoms with Crippen LogP contribution in [0.3, 0.4) is 0 Å². The van der Waals surface area contributed by atoms with Crippen LogP contribution in [0.4, 0.5) is 16.0 Å². The lowest BCUT2D eigenvalue weighted by Gasteiger charge is -2.11. The Labute approximate surface area is 193 Å². The third kappa shape index (κ3) is 5.39. The van der Waals surface area contributed by atoms with Gasteiger partial charge in [0.15, 0.2) is 5.82 Å². The number of anilines is 2. The van der Waals surface area contributed by atoms with Crippen LogP contribution in [0.25, 0.3) is 23.0 Å². The van der Waals surface area contributed by atoms with Crippen LogP contribution in [-0.2, 0) is 9.53 Å². The number of rotatable bonds is 7. The van der Waals surface area contributed by atoms with Crippen molar-refractivity contribution in [1.29, 1.82) is 0 Å². The molecule has 0 unspecified atom stereocenters. The molecule has 1 N–H and O–H groups in total. The fourth-order valence-corrected chi connectivity index (χ4v) is 3.16. The number of carbonyl (C=O) groups excluding carboxylic acids is 1. The highest BCUT2D eigenvalue weighted by atomic mass is 35.5. The molecular weight excluding hydrogens is 447 g/mol. The third-order valence-corrected chi connectivity index (χ3v) is 4.74. The van der Waals surface area contributed by atoms with Gasteiger partial charge in [-0.3, -0.25) is 0 Å². The Bertz CT molecular complexity index is 1310. The van der Waals surface area contributed by atoms with E-state index in [4.69, 9.17) is 16.3 Å². The Morgan fingerprint density at radius 3 is 2.79 bits per heavy atom. The van der Waals surface area contributed by atoms with Gasteiger partial charge in [0.05, 0.1) is 24.0 Å². The highest BCUT2D eigenvalue weighted by molar-refractivity contribution is 6.31. The molecule has 2 heterocycles. The molecule has 2 aromatic heterocycles. The molecule has 0 saturated carbocycles. The number of benzene rings is 2. The Hall–Kier alpha value is -4.11. The summed E-state index contributed by atoms with van der Waals surface area (Å²) in [5, 5.41) is 11.4. The maximum atomic E-state index is 13.5. The monoisotopic (exact) mass is 464 g/mol. The maximum Gasteiger partial charge on any atom is 0.330 e. The number of nitrogens with one attached hydrogen (secondary N) is 1. The van der Waals surface area contributed by atoms with Gasteiger partial charge < -0.3 is 10.1 Å². The molecule has 0 spiro atoms. The van der Waals surface area contributed by atoms with Crippen LogP contribution >= 0.6 is 11.6 Å². The average molecular weight is 465 g/mol. The minimum Gasteiger partial charge on any atom is -0.463 e. The van der Waals surface area contributed by atoms with Crippen molar-refractivity contribution in [3.8, 4) is 16.9 Å². The molecule has 0 aliphatic rings. The van der Waals surface area contributed by atoms with Crippen LogP contribution in [0.15, 0.2) is 67.1 Å². The highest BCUT2D eigenvalue weighted by Gasteiger charge is 2.14. The maximum absolute atomic E-state index is 13.5. The van der Waals surface area contributed by atoms with Gasteiger partial charge in [-0.2, -0.15) is 15.2 Å². The van der Waals surface area contributed by atoms with Crippen molar-refractivity contribution in [2.75, 3.05) is 11.9 Å². The van der Waals surface area contributed by atoms with Crippen molar-refractivity contribution in [3.05, 3.63) is 83.5 Å². The van der Waals surface area contributed by atoms with Crippen molar-refractivity contribution in [2.24, 2.45) is 0 Å². The van der Waals surface area contributed by atoms with E-state index in [-0.39, 0.29) is 11.0 Å². The molecular formula is C23H18ClFN6O2. The number of halogens is 2. The first-order valence-corrected chi connectivity index (χ1v) is 10.3.